The van der Waals surface area contributed by atoms with Crippen LogP contribution in [0, 0.1) is 5.82 Å². The number of nitrogens with one attached hydrogen (secondary N) is 1. The number of benzene rings is 2. The number of hydrogen-bond acceptors (Lipinski definition) is 4. The number of rotatable bonds is 6. The number of H-pyrrole nitrogens is 1. The smallest absolute Gasteiger partial charge is 0.304 e. The second-order valence-corrected chi connectivity index (χ2v) is 11.6. The average Bonchev–Trinajstić information content (AvgIpc) is 3.25. The van der Waals surface area contributed by atoms with Crippen molar-refractivity contribution in [3.05, 3.63) is 71.2 Å². The Kier molecular flexibility index (Phi) is 6.48. The molecule has 0 amide bonds. The number of nitrogens with zero attached hydrogens (tertiary/aromatic N) is 3. The minimum absolute atomic E-state index is 0.0369. The summed E-state index contributed by atoms with van der Waals surface area (Å²) in [5, 5.41) is 1.01. The third-order valence-corrected chi connectivity index (χ3v) is 9.21. The molecule has 0 fully saturated rings. The van der Waals surface area contributed by atoms with Crippen molar-refractivity contribution in [1.82, 2.24) is 14.2 Å². The number of halogens is 1. The number of carbonyl (C=O) groups excluding carboxylic acids is 1. The molecule has 0 saturated carbocycles. The Morgan fingerprint density at radius 3 is 2.64 bits per heavy atom. The van der Waals surface area contributed by atoms with Gasteiger partial charge in [0.25, 0.3) is 0 Å². The molecule has 0 aliphatic carbocycles. The van der Waals surface area contributed by atoms with Crippen LogP contribution in [0.1, 0.15) is 48.7 Å². The first kappa shape index (κ1) is 24.7. The van der Waals surface area contributed by atoms with E-state index in [1.807, 2.05) is 26.1 Å². The zero-order chi connectivity index (χ0) is 25.6. The fourth-order valence-corrected chi connectivity index (χ4v) is 6.94. The Labute approximate surface area is 211 Å². The van der Waals surface area contributed by atoms with E-state index in [-0.39, 0.29) is 24.2 Å². The van der Waals surface area contributed by atoms with Gasteiger partial charge in [0, 0.05) is 67.0 Å². The molecule has 2 aliphatic heterocycles. The van der Waals surface area contributed by atoms with Crippen LogP contribution in [-0.2, 0) is 16.8 Å². The van der Waals surface area contributed by atoms with Crippen molar-refractivity contribution in [2.75, 3.05) is 30.5 Å². The van der Waals surface area contributed by atoms with Gasteiger partial charge in [-0.1, -0.05) is 6.08 Å². The highest BCUT2D eigenvalue weighted by molar-refractivity contribution is 7.90. The van der Waals surface area contributed by atoms with E-state index in [2.05, 4.69) is 16.0 Å². The van der Waals surface area contributed by atoms with Crippen LogP contribution < -0.4 is 4.31 Å². The topological polar surface area (TPSA) is 76.7 Å². The lowest BCUT2D eigenvalue weighted by atomic mass is 9.99. The van der Waals surface area contributed by atoms with E-state index in [4.69, 9.17) is 0 Å². The van der Waals surface area contributed by atoms with E-state index in [1.54, 1.807) is 18.2 Å². The van der Waals surface area contributed by atoms with E-state index in [9.17, 15) is 17.6 Å². The third-order valence-electron chi connectivity index (χ3n) is 7.13. The minimum Gasteiger partial charge on any atom is -0.360 e. The summed E-state index contributed by atoms with van der Waals surface area (Å²) >= 11 is 0. The van der Waals surface area contributed by atoms with Gasteiger partial charge in [-0.05, 0) is 74.7 Å². The number of aromatic amines is 1. The molecule has 0 atom stereocenters. The molecule has 1 aromatic heterocycles. The molecule has 0 bridgehead atoms. The number of carbonyl (C=O) groups is 1. The largest absolute Gasteiger partial charge is 0.360 e. The number of fused-ring (bicyclic) bond motifs is 2. The van der Waals surface area contributed by atoms with Gasteiger partial charge in [-0.3, -0.25) is 14.0 Å². The van der Waals surface area contributed by atoms with Gasteiger partial charge in [-0.25, -0.2) is 4.39 Å². The summed E-state index contributed by atoms with van der Waals surface area (Å²) < 4.78 is 43.5. The molecular formula is C27H31FN4O3S. The number of anilines is 1. The highest BCUT2D eigenvalue weighted by Crippen LogP contribution is 2.35. The van der Waals surface area contributed by atoms with Crippen molar-refractivity contribution in [2.24, 2.45) is 0 Å². The van der Waals surface area contributed by atoms with E-state index in [0.29, 0.717) is 30.9 Å². The van der Waals surface area contributed by atoms with Gasteiger partial charge < -0.3 is 4.98 Å². The van der Waals surface area contributed by atoms with Gasteiger partial charge in [0.15, 0.2) is 5.78 Å². The molecule has 190 valence electrons. The van der Waals surface area contributed by atoms with Gasteiger partial charge in [0.1, 0.15) is 5.82 Å². The summed E-state index contributed by atoms with van der Waals surface area (Å²) in [6.45, 7) is 7.94. The number of aromatic nitrogens is 1. The molecule has 2 aromatic carbocycles. The van der Waals surface area contributed by atoms with Crippen LogP contribution in [0.15, 0.2) is 48.7 Å². The van der Waals surface area contributed by atoms with Crippen molar-refractivity contribution in [3.8, 4) is 0 Å². The van der Waals surface area contributed by atoms with E-state index in [1.165, 1.54) is 33.2 Å². The molecule has 36 heavy (non-hydrogen) atoms. The van der Waals surface area contributed by atoms with Crippen LogP contribution in [0.4, 0.5) is 10.1 Å². The van der Waals surface area contributed by atoms with E-state index in [0.717, 1.165) is 35.0 Å². The lowest BCUT2D eigenvalue weighted by Crippen LogP contribution is -2.52. The summed E-state index contributed by atoms with van der Waals surface area (Å²) in [6, 6.07) is 9.87. The Hall–Kier alpha value is -3.01. The lowest BCUT2D eigenvalue weighted by Gasteiger charge is -2.40. The van der Waals surface area contributed by atoms with Crippen LogP contribution in [-0.4, -0.2) is 60.6 Å². The summed E-state index contributed by atoms with van der Waals surface area (Å²) in [4.78, 5) is 17.3. The fraction of sp³-hybridized carbons (Fsp3) is 0.370. The van der Waals surface area contributed by atoms with E-state index < -0.39 is 10.2 Å². The van der Waals surface area contributed by atoms with Gasteiger partial charge in [-0.2, -0.15) is 12.7 Å². The van der Waals surface area contributed by atoms with Crippen molar-refractivity contribution >= 4 is 38.2 Å². The molecule has 1 N–H and O–H groups in total. The van der Waals surface area contributed by atoms with Gasteiger partial charge in [0.05, 0.1) is 5.69 Å². The average molecular weight is 511 g/mol. The van der Waals surface area contributed by atoms with E-state index >= 15 is 0 Å². The molecule has 0 unspecified atom stereocenters. The second kappa shape index (κ2) is 9.46. The standard InChI is InChI=1S/C27H31FN4O3S/c1-18(2)32-17-22-14-21(19(3)33)4-7-27(22)31(36(32,34)35)13-12-30-10-8-20(9-11-30)25-16-29-26-15-23(28)5-6-24(25)26/h4-8,14-16,18,29H,9-13,17H2,1-3H3. The van der Waals surface area contributed by atoms with Gasteiger partial charge in [0.2, 0.25) is 0 Å². The maximum atomic E-state index is 13.5. The maximum Gasteiger partial charge on any atom is 0.304 e. The van der Waals surface area contributed by atoms with Crippen LogP contribution in [0.25, 0.3) is 16.5 Å². The predicted octanol–water partition coefficient (Wildman–Crippen LogP) is 4.57. The highest BCUT2D eigenvalue weighted by atomic mass is 32.2. The Morgan fingerprint density at radius 1 is 1.14 bits per heavy atom. The Bertz CT molecular complexity index is 1460. The monoisotopic (exact) mass is 510 g/mol. The van der Waals surface area contributed by atoms with Gasteiger partial charge in [-0.15, -0.1) is 0 Å². The number of Topliss-reactive ketones (excluding diaryl/α,β-unsaturated/α-hetero) is 1. The minimum atomic E-state index is -3.68. The molecule has 0 spiro atoms. The van der Waals surface area contributed by atoms with Crippen molar-refractivity contribution in [2.45, 2.75) is 39.8 Å². The van der Waals surface area contributed by atoms with Crippen molar-refractivity contribution < 1.29 is 17.6 Å². The van der Waals surface area contributed by atoms with Crippen molar-refractivity contribution in [3.63, 3.8) is 0 Å². The molecule has 7 nitrogen and oxygen atoms in total. The molecule has 5 rings (SSSR count). The second-order valence-electron chi connectivity index (χ2n) is 9.79. The third kappa shape index (κ3) is 4.47. The van der Waals surface area contributed by atoms with Crippen LogP contribution in [0.2, 0.25) is 0 Å². The first-order valence-corrected chi connectivity index (χ1v) is 13.7. The van der Waals surface area contributed by atoms with Crippen molar-refractivity contribution in [1.29, 1.82) is 0 Å². The molecule has 0 radical (unpaired) electrons. The zero-order valence-electron chi connectivity index (χ0n) is 20.8. The van der Waals surface area contributed by atoms with Gasteiger partial charge >= 0.3 is 10.2 Å². The Balaban J connectivity index is 1.34. The first-order chi connectivity index (χ1) is 17.1. The molecule has 3 aromatic rings. The number of ketones is 1. The molecular weight excluding hydrogens is 479 g/mol. The SMILES string of the molecule is CC(=O)c1ccc2c(c1)CN(C(C)C)S(=O)(=O)N2CCN1CC=C(c2c[nH]c3cc(F)ccc23)CC1. The number of hydrogen-bond donors (Lipinski definition) is 1. The maximum absolute atomic E-state index is 13.5. The summed E-state index contributed by atoms with van der Waals surface area (Å²) in [6.07, 6.45) is 4.93. The lowest BCUT2D eigenvalue weighted by molar-refractivity contribution is 0.101. The predicted molar refractivity (Wildman–Crippen MR) is 141 cm³/mol. The van der Waals surface area contributed by atoms with Crippen LogP contribution in [0.3, 0.4) is 0 Å². The normalized spacial score (nSPS) is 18.5. The summed E-state index contributed by atoms with van der Waals surface area (Å²) in [5.41, 5.74) is 5.17. The quantitative estimate of drug-likeness (QED) is 0.493. The molecule has 2 aliphatic rings. The summed E-state index contributed by atoms with van der Waals surface area (Å²) in [7, 11) is -3.68. The highest BCUT2D eigenvalue weighted by Gasteiger charge is 2.38. The van der Waals surface area contributed by atoms with Crippen LogP contribution >= 0.6 is 0 Å². The zero-order valence-corrected chi connectivity index (χ0v) is 21.6. The molecule has 9 heteroatoms. The fourth-order valence-electron chi connectivity index (χ4n) is 5.11. The molecule has 0 saturated heterocycles. The summed E-state index contributed by atoms with van der Waals surface area (Å²) in [5.74, 6) is -0.299. The van der Waals surface area contributed by atoms with Crippen LogP contribution in [0.5, 0.6) is 0 Å². The first-order valence-electron chi connectivity index (χ1n) is 12.3. The molecule has 3 heterocycles. The Morgan fingerprint density at radius 2 is 1.94 bits per heavy atom.